The van der Waals surface area contributed by atoms with E-state index in [1.54, 1.807) is 0 Å². The van der Waals surface area contributed by atoms with Crippen LogP contribution in [0.4, 0.5) is 8.78 Å². The summed E-state index contributed by atoms with van der Waals surface area (Å²) in [6.07, 6.45) is 8.42. The van der Waals surface area contributed by atoms with Gasteiger partial charge in [0.15, 0.2) is 16.4 Å². The molecular formula is C22H25F2N5O3S. The molecule has 0 spiro atoms. The number of aromatic nitrogens is 1. The molecule has 176 valence electrons. The highest BCUT2D eigenvalue weighted by Crippen LogP contribution is 2.37. The number of allylic oxidation sites excluding steroid dienone is 1. The quantitative estimate of drug-likeness (QED) is 0.280. The van der Waals surface area contributed by atoms with Crippen molar-refractivity contribution in [2.45, 2.75) is 38.0 Å². The Hall–Kier alpha value is -3.39. The lowest BCUT2D eigenvalue weighted by Gasteiger charge is -2.37. The van der Waals surface area contributed by atoms with E-state index in [1.807, 2.05) is 0 Å². The molecule has 2 heterocycles. The maximum atomic E-state index is 14.7. The summed E-state index contributed by atoms with van der Waals surface area (Å²) in [5.41, 5.74) is 4.39. The number of hydrogen-bond donors (Lipinski definition) is 1. The summed E-state index contributed by atoms with van der Waals surface area (Å²) in [6.45, 7) is 8.95. The van der Waals surface area contributed by atoms with Gasteiger partial charge in [0, 0.05) is 11.8 Å². The number of sulfone groups is 1. The van der Waals surface area contributed by atoms with Crippen LogP contribution in [0.15, 0.2) is 45.2 Å². The summed E-state index contributed by atoms with van der Waals surface area (Å²) in [5.74, 6) is -0.0475. The molecule has 0 saturated carbocycles. The molecule has 11 heteroatoms. The van der Waals surface area contributed by atoms with Gasteiger partial charge in [-0.3, -0.25) is 9.98 Å². The van der Waals surface area contributed by atoms with Gasteiger partial charge in [0.1, 0.15) is 21.9 Å². The van der Waals surface area contributed by atoms with Crippen molar-refractivity contribution in [1.82, 2.24) is 4.98 Å². The van der Waals surface area contributed by atoms with Crippen molar-refractivity contribution >= 4 is 34.2 Å². The SMILES string of the molecule is C#CCO/C(=C/N=C(C)\C(F)=C\c1cnc(F)c([C@]2(C)CS(=O)(=O)C(C)(C)C(N)=N2)c1)N=C. The maximum absolute atomic E-state index is 14.7. The summed E-state index contributed by atoms with van der Waals surface area (Å²) in [7, 11) is -3.76. The van der Waals surface area contributed by atoms with Crippen LogP contribution in [0.3, 0.4) is 0 Å². The fourth-order valence-corrected chi connectivity index (χ4v) is 4.59. The van der Waals surface area contributed by atoms with E-state index in [9.17, 15) is 17.2 Å². The largest absolute Gasteiger partial charge is 0.463 e. The molecule has 1 atom stereocenters. The van der Waals surface area contributed by atoms with Gasteiger partial charge in [-0.1, -0.05) is 5.92 Å². The third kappa shape index (κ3) is 5.51. The number of rotatable bonds is 7. The minimum absolute atomic E-state index is 0.00985. The second kappa shape index (κ2) is 9.62. The highest BCUT2D eigenvalue weighted by molar-refractivity contribution is 7.93. The lowest BCUT2D eigenvalue weighted by atomic mass is 9.93. The third-order valence-electron chi connectivity index (χ3n) is 5.14. The molecule has 0 unspecified atom stereocenters. The second-order valence-electron chi connectivity index (χ2n) is 7.97. The van der Waals surface area contributed by atoms with Crippen LogP contribution >= 0.6 is 0 Å². The van der Waals surface area contributed by atoms with Crippen LogP contribution in [-0.4, -0.2) is 48.8 Å². The minimum atomic E-state index is -3.76. The van der Waals surface area contributed by atoms with Gasteiger partial charge in [0.05, 0.1) is 17.7 Å². The number of nitrogens with zero attached hydrogens (tertiary/aromatic N) is 4. The normalized spacial score (nSPS) is 22.8. The van der Waals surface area contributed by atoms with E-state index in [2.05, 4.69) is 32.6 Å². The predicted molar refractivity (Wildman–Crippen MR) is 126 cm³/mol. The molecule has 0 aromatic carbocycles. The van der Waals surface area contributed by atoms with Crippen molar-refractivity contribution < 1.29 is 21.9 Å². The highest BCUT2D eigenvalue weighted by atomic mass is 32.2. The molecule has 2 N–H and O–H groups in total. The smallest absolute Gasteiger partial charge is 0.232 e. The Bertz CT molecular complexity index is 1230. The summed E-state index contributed by atoms with van der Waals surface area (Å²) < 4.78 is 58.5. The zero-order valence-electron chi connectivity index (χ0n) is 18.8. The molecule has 0 radical (unpaired) electrons. The zero-order chi connectivity index (χ0) is 25.0. The summed E-state index contributed by atoms with van der Waals surface area (Å²) in [5, 5.41) is 0. The first-order chi connectivity index (χ1) is 15.3. The number of aliphatic imine (C=N–C) groups is 3. The van der Waals surface area contributed by atoms with Crippen LogP contribution < -0.4 is 5.73 Å². The van der Waals surface area contributed by atoms with Crippen LogP contribution in [-0.2, 0) is 20.1 Å². The summed E-state index contributed by atoms with van der Waals surface area (Å²) in [6, 6.07) is 1.28. The number of halogens is 2. The fraction of sp³-hybridized carbons (Fsp3) is 0.364. The first-order valence-corrected chi connectivity index (χ1v) is 11.3. The van der Waals surface area contributed by atoms with E-state index in [1.165, 1.54) is 33.8 Å². The van der Waals surface area contributed by atoms with Gasteiger partial charge in [-0.05, 0) is 52.1 Å². The van der Waals surface area contributed by atoms with Gasteiger partial charge in [0.2, 0.25) is 11.8 Å². The molecule has 0 bridgehead atoms. The number of terminal acetylenes is 1. The van der Waals surface area contributed by atoms with E-state index in [0.29, 0.717) is 0 Å². The summed E-state index contributed by atoms with van der Waals surface area (Å²) in [4.78, 5) is 15.4. The van der Waals surface area contributed by atoms with Crippen LogP contribution in [0, 0.1) is 18.3 Å². The molecule has 2 rings (SSSR count). The number of nitrogens with two attached hydrogens (primary N) is 1. The number of hydrogen-bond acceptors (Lipinski definition) is 8. The van der Waals surface area contributed by atoms with Gasteiger partial charge in [-0.15, -0.1) is 6.42 Å². The van der Waals surface area contributed by atoms with E-state index >= 15 is 0 Å². The predicted octanol–water partition coefficient (Wildman–Crippen LogP) is 2.92. The molecule has 1 aromatic rings. The molecule has 1 aliphatic heterocycles. The van der Waals surface area contributed by atoms with Gasteiger partial charge < -0.3 is 10.5 Å². The molecule has 8 nitrogen and oxygen atoms in total. The van der Waals surface area contributed by atoms with E-state index in [4.69, 9.17) is 16.9 Å². The first-order valence-electron chi connectivity index (χ1n) is 9.66. The average molecular weight is 478 g/mol. The van der Waals surface area contributed by atoms with E-state index < -0.39 is 37.7 Å². The molecule has 0 saturated heterocycles. The van der Waals surface area contributed by atoms with Gasteiger partial charge in [-0.25, -0.2) is 22.8 Å². The molecule has 0 aliphatic carbocycles. The minimum Gasteiger partial charge on any atom is -0.463 e. The van der Waals surface area contributed by atoms with Crippen LogP contribution in [0.2, 0.25) is 0 Å². The lowest BCUT2D eigenvalue weighted by molar-refractivity contribution is 0.251. The molecule has 33 heavy (non-hydrogen) atoms. The maximum Gasteiger partial charge on any atom is 0.232 e. The van der Waals surface area contributed by atoms with Crippen LogP contribution in [0.25, 0.3) is 6.08 Å². The van der Waals surface area contributed by atoms with Crippen molar-refractivity contribution in [2.75, 3.05) is 12.4 Å². The van der Waals surface area contributed by atoms with Crippen LogP contribution in [0.5, 0.6) is 0 Å². The Morgan fingerprint density at radius 1 is 1.45 bits per heavy atom. The molecule has 0 fully saturated rings. The fourth-order valence-electron chi connectivity index (χ4n) is 2.91. The number of pyridine rings is 1. The van der Waals surface area contributed by atoms with Crippen molar-refractivity contribution in [1.29, 1.82) is 0 Å². The Labute approximate surface area is 192 Å². The summed E-state index contributed by atoms with van der Waals surface area (Å²) >= 11 is 0. The second-order valence-corrected chi connectivity index (χ2v) is 10.5. The molecule has 1 aromatic heterocycles. The van der Waals surface area contributed by atoms with Gasteiger partial charge in [-0.2, -0.15) is 4.39 Å². The van der Waals surface area contributed by atoms with E-state index in [0.717, 1.165) is 18.5 Å². The molecule has 1 aliphatic rings. The van der Waals surface area contributed by atoms with Crippen molar-refractivity contribution in [3.63, 3.8) is 0 Å². The molecular weight excluding hydrogens is 452 g/mol. The topological polar surface area (TPSA) is 119 Å². The zero-order valence-corrected chi connectivity index (χ0v) is 19.6. The Balaban J connectivity index is 2.45. The van der Waals surface area contributed by atoms with Gasteiger partial charge in [0.25, 0.3) is 0 Å². The van der Waals surface area contributed by atoms with Gasteiger partial charge >= 0.3 is 0 Å². The Kier molecular flexibility index (Phi) is 7.54. The standard InChI is InChI=1S/C22H25F2N5O3S/c1-7-8-32-18(26-6)12-27-14(2)17(23)10-15-9-16(19(24)28-11-15)22(5)13-33(30,31)21(3,4)20(25)29-22/h1,9-12H,6,8,13H2,2-5H3,(H2,25,29)/b17-10-,18-12+,27-14-/t22-/m0/s1. The first kappa shape index (κ1) is 25.9. The van der Waals surface area contributed by atoms with Crippen LogP contribution in [0.1, 0.15) is 38.8 Å². The highest BCUT2D eigenvalue weighted by Gasteiger charge is 2.49. The van der Waals surface area contributed by atoms with E-state index in [-0.39, 0.29) is 35.2 Å². The molecule has 0 amide bonds. The Morgan fingerprint density at radius 2 is 2.12 bits per heavy atom. The number of ether oxygens (including phenoxy) is 1. The Morgan fingerprint density at radius 3 is 2.70 bits per heavy atom. The van der Waals surface area contributed by atoms with Crippen molar-refractivity contribution in [3.05, 3.63) is 47.2 Å². The van der Waals surface area contributed by atoms with Crippen molar-refractivity contribution in [3.8, 4) is 12.3 Å². The lowest BCUT2D eigenvalue weighted by Crippen LogP contribution is -2.55. The average Bonchev–Trinajstić information content (AvgIpc) is 2.73. The van der Waals surface area contributed by atoms with Crippen molar-refractivity contribution in [2.24, 2.45) is 20.7 Å². The number of amidine groups is 1. The third-order valence-corrected chi connectivity index (χ3v) is 7.85. The monoisotopic (exact) mass is 477 g/mol.